The molecule has 1 aromatic carbocycles. The molecule has 4 heteroatoms. The largest absolute Gasteiger partial charge is 0.384 e. The normalized spacial score (nSPS) is 23.9. The van der Waals surface area contributed by atoms with Crippen LogP contribution in [-0.2, 0) is 4.79 Å². The number of rotatable bonds is 2. The second-order valence-electron chi connectivity index (χ2n) is 5.73. The molecule has 3 heterocycles. The van der Waals surface area contributed by atoms with Crippen molar-refractivity contribution in [1.29, 1.82) is 0 Å². The van der Waals surface area contributed by atoms with Gasteiger partial charge in [0.05, 0.1) is 12.0 Å². The van der Waals surface area contributed by atoms with E-state index in [1.54, 1.807) is 11.3 Å². The molecule has 2 unspecified atom stereocenters. The maximum absolute atomic E-state index is 13.0. The predicted octanol–water partition coefficient (Wildman–Crippen LogP) is 3.62. The van der Waals surface area contributed by atoms with Crippen LogP contribution in [0.1, 0.15) is 35.2 Å². The van der Waals surface area contributed by atoms with Crippen LogP contribution in [0.4, 0.5) is 5.69 Å². The fourth-order valence-electron chi connectivity index (χ4n) is 3.51. The summed E-state index contributed by atoms with van der Waals surface area (Å²) in [6.07, 6.45) is 2.20. The maximum Gasteiger partial charge on any atom is 0.232 e. The van der Waals surface area contributed by atoms with Crippen molar-refractivity contribution in [1.82, 2.24) is 4.90 Å². The van der Waals surface area contributed by atoms with E-state index in [2.05, 4.69) is 39.9 Å². The first-order chi connectivity index (χ1) is 10.3. The Balaban J connectivity index is 1.61. The van der Waals surface area contributed by atoms with Crippen molar-refractivity contribution in [2.45, 2.75) is 24.8 Å². The highest BCUT2D eigenvalue weighted by Gasteiger charge is 2.37. The van der Waals surface area contributed by atoms with E-state index in [4.69, 9.17) is 0 Å². The molecule has 2 aliphatic heterocycles. The average molecular weight is 298 g/mol. The van der Waals surface area contributed by atoms with Crippen LogP contribution in [0.5, 0.6) is 0 Å². The SMILES string of the molecule is O=C(C1CNc2ccccc21)N1CCCC1c1cccs1. The van der Waals surface area contributed by atoms with Gasteiger partial charge >= 0.3 is 0 Å². The predicted molar refractivity (Wildman–Crippen MR) is 85.7 cm³/mol. The van der Waals surface area contributed by atoms with Crippen LogP contribution in [0.15, 0.2) is 41.8 Å². The molecule has 0 bridgehead atoms. The van der Waals surface area contributed by atoms with Gasteiger partial charge in [0.15, 0.2) is 0 Å². The van der Waals surface area contributed by atoms with E-state index in [1.165, 1.54) is 4.88 Å². The van der Waals surface area contributed by atoms with E-state index in [1.807, 2.05) is 12.1 Å². The number of para-hydroxylation sites is 1. The lowest BCUT2D eigenvalue weighted by Gasteiger charge is -2.26. The van der Waals surface area contributed by atoms with Gasteiger partial charge in [-0.05, 0) is 35.9 Å². The second kappa shape index (κ2) is 5.19. The highest BCUT2D eigenvalue weighted by molar-refractivity contribution is 7.10. The van der Waals surface area contributed by atoms with Crippen molar-refractivity contribution in [2.24, 2.45) is 0 Å². The zero-order chi connectivity index (χ0) is 14.2. The fraction of sp³-hybridized carbons (Fsp3) is 0.353. The lowest BCUT2D eigenvalue weighted by molar-refractivity contribution is -0.133. The van der Waals surface area contributed by atoms with Gasteiger partial charge in [0.2, 0.25) is 5.91 Å². The summed E-state index contributed by atoms with van der Waals surface area (Å²) in [5.74, 6) is 0.255. The van der Waals surface area contributed by atoms with E-state index in [-0.39, 0.29) is 17.9 Å². The van der Waals surface area contributed by atoms with Gasteiger partial charge in [0, 0.05) is 23.7 Å². The van der Waals surface area contributed by atoms with Crippen LogP contribution in [0.2, 0.25) is 0 Å². The van der Waals surface area contributed by atoms with Crippen LogP contribution >= 0.6 is 11.3 Å². The van der Waals surface area contributed by atoms with E-state index in [0.29, 0.717) is 0 Å². The minimum atomic E-state index is -0.0261. The Morgan fingerprint density at radius 1 is 1.24 bits per heavy atom. The summed E-state index contributed by atoms with van der Waals surface area (Å²) >= 11 is 1.76. The van der Waals surface area contributed by atoms with Crippen molar-refractivity contribution >= 4 is 22.9 Å². The van der Waals surface area contributed by atoms with Gasteiger partial charge < -0.3 is 10.2 Å². The monoisotopic (exact) mass is 298 g/mol. The van der Waals surface area contributed by atoms with Crippen molar-refractivity contribution in [3.63, 3.8) is 0 Å². The Kier molecular flexibility index (Phi) is 3.19. The number of hydrogen-bond donors (Lipinski definition) is 1. The Labute approximate surface area is 128 Å². The first kappa shape index (κ1) is 12.9. The molecule has 0 radical (unpaired) electrons. The van der Waals surface area contributed by atoms with Crippen molar-refractivity contribution in [2.75, 3.05) is 18.4 Å². The maximum atomic E-state index is 13.0. The third-order valence-electron chi connectivity index (χ3n) is 4.54. The zero-order valence-electron chi connectivity index (χ0n) is 11.8. The van der Waals surface area contributed by atoms with Gasteiger partial charge in [0.1, 0.15) is 0 Å². The highest BCUT2D eigenvalue weighted by atomic mass is 32.1. The van der Waals surface area contributed by atoms with Crippen LogP contribution in [-0.4, -0.2) is 23.9 Å². The van der Waals surface area contributed by atoms with Gasteiger partial charge in [-0.2, -0.15) is 0 Å². The zero-order valence-corrected chi connectivity index (χ0v) is 12.6. The number of nitrogens with zero attached hydrogens (tertiary/aromatic N) is 1. The third-order valence-corrected chi connectivity index (χ3v) is 5.51. The molecule has 1 aromatic heterocycles. The van der Waals surface area contributed by atoms with Gasteiger partial charge in [-0.15, -0.1) is 11.3 Å². The standard InChI is InChI=1S/C17H18N2OS/c20-17(13-11-18-14-6-2-1-5-12(13)14)19-9-3-7-15(19)16-8-4-10-21-16/h1-2,4-6,8,10,13,15,18H,3,7,9,11H2. The molecule has 1 saturated heterocycles. The highest BCUT2D eigenvalue weighted by Crippen LogP contribution is 2.39. The van der Waals surface area contributed by atoms with Crippen LogP contribution in [0.25, 0.3) is 0 Å². The molecule has 0 saturated carbocycles. The molecule has 108 valence electrons. The summed E-state index contributed by atoms with van der Waals surface area (Å²) in [5.41, 5.74) is 2.27. The van der Waals surface area contributed by atoms with E-state index < -0.39 is 0 Å². The number of hydrogen-bond acceptors (Lipinski definition) is 3. The molecule has 1 N–H and O–H groups in total. The van der Waals surface area contributed by atoms with E-state index in [0.717, 1.165) is 37.2 Å². The summed E-state index contributed by atoms with van der Waals surface area (Å²) in [4.78, 5) is 16.4. The minimum Gasteiger partial charge on any atom is -0.384 e. The molecule has 21 heavy (non-hydrogen) atoms. The number of carbonyl (C=O) groups excluding carboxylic acids is 1. The molecule has 0 aliphatic carbocycles. The molecule has 1 amide bonds. The molecule has 2 atom stereocenters. The number of likely N-dealkylation sites (tertiary alicyclic amines) is 1. The molecule has 4 rings (SSSR count). The summed E-state index contributed by atoms with van der Waals surface area (Å²) in [6.45, 7) is 1.62. The Morgan fingerprint density at radius 3 is 3.00 bits per heavy atom. The molecule has 2 aliphatic rings. The summed E-state index contributed by atoms with van der Waals surface area (Å²) < 4.78 is 0. The summed E-state index contributed by atoms with van der Waals surface area (Å²) in [7, 11) is 0. The quantitative estimate of drug-likeness (QED) is 0.918. The lowest BCUT2D eigenvalue weighted by atomic mass is 9.99. The number of anilines is 1. The molecular formula is C17H18N2OS. The Hall–Kier alpha value is -1.81. The van der Waals surface area contributed by atoms with Gasteiger partial charge in [-0.25, -0.2) is 0 Å². The smallest absolute Gasteiger partial charge is 0.232 e. The molecule has 2 aromatic rings. The number of amides is 1. The first-order valence-electron chi connectivity index (χ1n) is 7.51. The van der Waals surface area contributed by atoms with Crippen LogP contribution < -0.4 is 5.32 Å². The molecule has 0 spiro atoms. The number of fused-ring (bicyclic) bond motifs is 1. The van der Waals surface area contributed by atoms with Gasteiger partial charge in [-0.3, -0.25) is 4.79 Å². The lowest BCUT2D eigenvalue weighted by Crippen LogP contribution is -2.35. The topological polar surface area (TPSA) is 32.3 Å². The molecule has 3 nitrogen and oxygen atoms in total. The minimum absolute atomic E-state index is 0.0261. The third kappa shape index (κ3) is 2.14. The second-order valence-corrected chi connectivity index (χ2v) is 6.71. The van der Waals surface area contributed by atoms with E-state index >= 15 is 0 Å². The fourth-order valence-corrected chi connectivity index (χ4v) is 4.39. The molecular weight excluding hydrogens is 280 g/mol. The average Bonchev–Trinajstić information content (AvgIpc) is 3.25. The van der Waals surface area contributed by atoms with Crippen LogP contribution in [0, 0.1) is 0 Å². The number of carbonyl (C=O) groups is 1. The van der Waals surface area contributed by atoms with E-state index in [9.17, 15) is 4.79 Å². The van der Waals surface area contributed by atoms with Crippen molar-refractivity contribution in [3.05, 3.63) is 52.2 Å². The number of nitrogens with one attached hydrogen (secondary N) is 1. The Morgan fingerprint density at radius 2 is 2.14 bits per heavy atom. The summed E-state index contributed by atoms with van der Waals surface area (Å²) in [5, 5.41) is 5.46. The Bertz CT molecular complexity index is 653. The number of thiophene rings is 1. The van der Waals surface area contributed by atoms with Gasteiger partial charge in [-0.1, -0.05) is 24.3 Å². The molecule has 1 fully saturated rings. The van der Waals surface area contributed by atoms with Gasteiger partial charge in [0.25, 0.3) is 0 Å². The van der Waals surface area contributed by atoms with Crippen LogP contribution in [0.3, 0.4) is 0 Å². The van der Waals surface area contributed by atoms with Crippen molar-refractivity contribution in [3.8, 4) is 0 Å². The van der Waals surface area contributed by atoms with Crippen molar-refractivity contribution < 1.29 is 4.79 Å². The summed E-state index contributed by atoms with van der Waals surface area (Å²) in [6, 6.07) is 12.7. The first-order valence-corrected chi connectivity index (χ1v) is 8.39. The number of benzene rings is 1.